The molecule has 112 valence electrons. The van der Waals surface area contributed by atoms with E-state index in [0.717, 1.165) is 0 Å². The van der Waals surface area contributed by atoms with Gasteiger partial charge in [-0.05, 0) is 19.1 Å². The Morgan fingerprint density at radius 2 is 2.09 bits per heavy atom. The van der Waals surface area contributed by atoms with E-state index in [9.17, 15) is 4.79 Å². The van der Waals surface area contributed by atoms with Crippen molar-refractivity contribution in [2.75, 3.05) is 12.4 Å². The van der Waals surface area contributed by atoms with Crippen molar-refractivity contribution in [3.8, 4) is 0 Å². The molecule has 0 aliphatic heterocycles. The predicted octanol–water partition coefficient (Wildman–Crippen LogP) is 2.44. The number of nitrogens with one attached hydrogen (secondary N) is 1. The maximum Gasteiger partial charge on any atom is 0.259 e. The van der Waals surface area contributed by atoms with Crippen LogP contribution in [-0.4, -0.2) is 33.2 Å². The summed E-state index contributed by atoms with van der Waals surface area (Å²) in [5.41, 5.74) is 1.67. The van der Waals surface area contributed by atoms with E-state index in [1.165, 1.54) is 11.3 Å². The zero-order valence-corrected chi connectivity index (χ0v) is 12.8. The lowest BCUT2D eigenvalue weighted by molar-refractivity contribution is 0.102. The Bertz CT molecular complexity index is 814. The molecule has 0 spiro atoms. The summed E-state index contributed by atoms with van der Waals surface area (Å²) in [5.74, 6) is -0.293. The first-order chi connectivity index (χ1) is 10.7. The highest BCUT2D eigenvalue weighted by Crippen LogP contribution is 2.24. The number of carbonyl (C=O) groups excluding carboxylic acids is 1. The van der Waals surface area contributed by atoms with E-state index in [-0.39, 0.29) is 12.0 Å². The fourth-order valence-electron chi connectivity index (χ4n) is 1.89. The lowest BCUT2D eigenvalue weighted by Gasteiger charge is -2.04. The summed E-state index contributed by atoms with van der Waals surface area (Å²) < 4.78 is 5.17. The highest BCUT2D eigenvalue weighted by molar-refractivity contribution is 7.15. The molecule has 0 fully saturated rings. The first kappa shape index (κ1) is 14.5. The molecule has 1 aromatic carbocycles. The number of anilines is 1. The molecule has 0 saturated heterocycles. The second-order valence-corrected chi connectivity index (χ2v) is 5.52. The third-order valence-electron chi connectivity index (χ3n) is 3.11. The number of hydrogen-bond donors (Lipinski definition) is 1. The van der Waals surface area contributed by atoms with Gasteiger partial charge in [-0.2, -0.15) is 0 Å². The van der Waals surface area contributed by atoms with Gasteiger partial charge in [0.15, 0.2) is 0 Å². The smallest absolute Gasteiger partial charge is 0.259 e. The van der Waals surface area contributed by atoms with Crippen LogP contribution in [0.2, 0.25) is 0 Å². The van der Waals surface area contributed by atoms with Gasteiger partial charge in [0.2, 0.25) is 5.13 Å². The third kappa shape index (κ3) is 2.78. The van der Waals surface area contributed by atoms with Gasteiger partial charge in [0.1, 0.15) is 16.6 Å². The van der Waals surface area contributed by atoms with Crippen molar-refractivity contribution in [1.29, 1.82) is 0 Å². The lowest BCUT2D eigenvalue weighted by Crippen LogP contribution is -2.12. The van der Waals surface area contributed by atoms with Crippen LogP contribution in [0.15, 0.2) is 30.6 Å². The molecule has 1 atom stereocenters. The summed E-state index contributed by atoms with van der Waals surface area (Å²) in [6, 6.07) is 5.28. The highest BCUT2D eigenvalue weighted by Gasteiger charge is 2.16. The first-order valence-electron chi connectivity index (χ1n) is 6.56. The van der Waals surface area contributed by atoms with Gasteiger partial charge in [0, 0.05) is 19.5 Å². The third-order valence-corrected chi connectivity index (χ3v) is 4.11. The van der Waals surface area contributed by atoms with Gasteiger partial charge in [-0.1, -0.05) is 17.4 Å². The molecule has 0 saturated carbocycles. The van der Waals surface area contributed by atoms with Crippen molar-refractivity contribution in [1.82, 2.24) is 20.2 Å². The molecular weight excluding hydrogens is 302 g/mol. The summed E-state index contributed by atoms with van der Waals surface area (Å²) in [7, 11) is 1.60. The Morgan fingerprint density at radius 3 is 2.91 bits per heavy atom. The van der Waals surface area contributed by atoms with Crippen molar-refractivity contribution in [2.45, 2.75) is 13.0 Å². The summed E-state index contributed by atoms with van der Waals surface area (Å²) in [4.78, 5) is 20.8. The number of ether oxygens (including phenoxy) is 1. The molecule has 2 aromatic heterocycles. The largest absolute Gasteiger partial charge is 0.374 e. The van der Waals surface area contributed by atoms with E-state index < -0.39 is 0 Å². The van der Waals surface area contributed by atoms with E-state index in [0.29, 0.717) is 26.7 Å². The van der Waals surface area contributed by atoms with Crippen LogP contribution in [-0.2, 0) is 4.74 Å². The normalized spacial score (nSPS) is 12.3. The fraction of sp³-hybridized carbons (Fsp3) is 0.214. The summed E-state index contributed by atoms with van der Waals surface area (Å²) in [6.07, 6.45) is 2.99. The Hall–Kier alpha value is -2.45. The highest BCUT2D eigenvalue weighted by atomic mass is 32.1. The topological polar surface area (TPSA) is 89.9 Å². The molecule has 0 radical (unpaired) electrons. The Balaban J connectivity index is 1.86. The van der Waals surface area contributed by atoms with Crippen molar-refractivity contribution in [2.24, 2.45) is 0 Å². The number of benzene rings is 1. The minimum Gasteiger partial charge on any atom is -0.374 e. The zero-order valence-electron chi connectivity index (χ0n) is 12.0. The van der Waals surface area contributed by atoms with Crippen LogP contribution < -0.4 is 5.32 Å². The molecule has 3 rings (SSSR count). The Morgan fingerprint density at radius 1 is 1.27 bits per heavy atom. The fourth-order valence-corrected chi connectivity index (χ4v) is 2.66. The number of hydrogen-bond acceptors (Lipinski definition) is 7. The van der Waals surface area contributed by atoms with Gasteiger partial charge in [-0.15, -0.1) is 10.2 Å². The summed E-state index contributed by atoms with van der Waals surface area (Å²) >= 11 is 1.28. The number of fused-ring (bicyclic) bond motifs is 1. The SMILES string of the molecule is COC(C)c1nnc(NC(=O)c2cccc3nccnc23)s1. The van der Waals surface area contributed by atoms with Gasteiger partial charge in [0.25, 0.3) is 5.91 Å². The molecule has 1 amide bonds. The summed E-state index contributed by atoms with van der Waals surface area (Å²) in [6.45, 7) is 1.87. The van der Waals surface area contributed by atoms with E-state index in [2.05, 4.69) is 25.5 Å². The van der Waals surface area contributed by atoms with E-state index >= 15 is 0 Å². The van der Waals surface area contributed by atoms with Crippen LogP contribution in [0.5, 0.6) is 0 Å². The Kier molecular flexibility index (Phi) is 4.03. The minimum atomic E-state index is -0.293. The van der Waals surface area contributed by atoms with Crippen LogP contribution in [0.3, 0.4) is 0 Å². The molecule has 3 aromatic rings. The van der Waals surface area contributed by atoms with Crippen molar-refractivity contribution >= 4 is 33.4 Å². The second-order valence-electron chi connectivity index (χ2n) is 4.51. The van der Waals surface area contributed by atoms with Crippen LogP contribution in [0, 0.1) is 0 Å². The molecule has 2 heterocycles. The maximum atomic E-state index is 12.4. The zero-order chi connectivity index (χ0) is 15.5. The molecular formula is C14H13N5O2S. The average molecular weight is 315 g/mol. The van der Waals surface area contributed by atoms with Gasteiger partial charge < -0.3 is 4.74 Å². The van der Waals surface area contributed by atoms with E-state index in [1.54, 1.807) is 31.6 Å². The number of amides is 1. The van der Waals surface area contributed by atoms with Gasteiger partial charge in [-0.3, -0.25) is 20.1 Å². The van der Waals surface area contributed by atoms with Gasteiger partial charge >= 0.3 is 0 Å². The molecule has 22 heavy (non-hydrogen) atoms. The minimum absolute atomic E-state index is 0.161. The van der Waals surface area contributed by atoms with Crippen LogP contribution >= 0.6 is 11.3 Å². The first-order valence-corrected chi connectivity index (χ1v) is 7.38. The molecule has 0 bridgehead atoms. The number of carbonyl (C=O) groups is 1. The number of nitrogens with zero attached hydrogens (tertiary/aromatic N) is 4. The molecule has 1 N–H and O–H groups in total. The lowest BCUT2D eigenvalue weighted by atomic mass is 10.1. The number of para-hydroxylation sites is 1. The molecule has 7 nitrogen and oxygen atoms in total. The standard InChI is InChI=1S/C14H13N5O2S/c1-8(21-2)13-18-19-14(22-13)17-12(20)9-4-3-5-10-11(9)16-7-6-15-10/h3-8H,1-2H3,(H,17,19,20). The summed E-state index contributed by atoms with van der Waals surface area (Å²) in [5, 5.41) is 11.8. The number of rotatable bonds is 4. The maximum absolute atomic E-state index is 12.4. The second kappa shape index (κ2) is 6.12. The average Bonchev–Trinajstić information content (AvgIpc) is 3.02. The van der Waals surface area contributed by atoms with Crippen molar-refractivity contribution in [3.05, 3.63) is 41.2 Å². The monoisotopic (exact) mass is 315 g/mol. The molecule has 0 aliphatic rings. The predicted molar refractivity (Wildman–Crippen MR) is 82.8 cm³/mol. The Labute approximate surface area is 130 Å². The van der Waals surface area contributed by atoms with E-state index in [1.807, 2.05) is 13.0 Å². The quantitative estimate of drug-likeness (QED) is 0.795. The molecule has 0 aliphatic carbocycles. The van der Waals surface area contributed by atoms with Crippen LogP contribution in [0.4, 0.5) is 5.13 Å². The van der Waals surface area contributed by atoms with E-state index in [4.69, 9.17) is 4.74 Å². The van der Waals surface area contributed by atoms with Crippen LogP contribution in [0.25, 0.3) is 11.0 Å². The molecule has 8 heteroatoms. The van der Waals surface area contributed by atoms with Gasteiger partial charge in [-0.25, -0.2) is 0 Å². The van der Waals surface area contributed by atoms with Gasteiger partial charge in [0.05, 0.1) is 11.1 Å². The van der Waals surface area contributed by atoms with Crippen LogP contribution in [0.1, 0.15) is 28.4 Å². The number of aromatic nitrogens is 4. The molecule has 1 unspecified atom stereocenters. The van der Waals surface area contributed by atoms with Crippen molar-refractivity contribution in [3.63, 3.8) is 0 Å². The number of methoxy groups -OCH3 is 1. The van der Waals surface area contributed by atoms with Crippen molar-refractivity contribution < 1.29 is 9.53 Å².